The van der Waals surface area contributed by atoms with E-state index in [1.54, 1.807) is 0 Å². The van der Waals surface area contributed by atoms with Crippen LogP contribution in [0.15, 0.2) is 18.2 Å². The summed E-state index contributed by atoms with van der Waals surface area (Å²) < 4.78 is 6.06. The van der Waals surface area contributed by atoms with Crippen molar-refractivity contribution in [3.8, 4) is 11.6 Å². The van der Waals surface area contributed by atoms with Crippen LogP contribution in [0.3, 0.4) is 0 Å². The Balaban J connectivity index is 2.42. The minimum Gasteiger partial charge on any atom is -0.438 e. The van der Waals surface area contributed by atoms with E-state index in [-0.39, 0.29) is 0 Å². The van der Waals surface area contributed by atoms with Crippen LogP contribution in [0.25, 0.3) is 0 Å². The second kappa shape index (κ2) is 6.12. The first-order valence-electron chi connectivity index (χ1n) is 7.23. The summed E-state index contributed by atoms with van der Waals surface area (Å²) in [6, 6.07) is 6.33. The van der Waals surface area contributed by atoms with Gasteiger partial charge in [0.15, 0.2) is 0 Å². The molecule has 1 aromatic heterocycles. The van der Waals surface area contributed by atoms with Crippen LogP contribution in [0.4, 0.5) is 5.82 Å². The summed E-state index contributed by atoms with van der Waals surface area (Å²) in [5, 5.41) is 3.08. The number of ether oxygens (including phenoxy) is 1. The molecule has 0 radical (unpaired) electrons. The van der Waals surface area contributed by atoms with Crippen molar-refractivity contribution in [2.75, 3.05) is 12.4 Å². The Hall–Kier alpha value is -2.10. The molecule has 112 valence electrons. The Morgan fingerprint density at radius 1 is 1.10 bits per heavy atom. The first-order chi connectivity index (χ1) is 9.92. The van der Waals surface area contributed by atoms with Gasteiger partial charge in [0.1, 0.15) is 17.4 Å². The number of aromatic nitrogens is 2. The molecule has 2 aromatic rings. The van der Waals surface area contributed by atoms with Crippen LogP contribution >= 0.6 is 0 Å². The Bertz CT molecular complexity index is 651. The van der Waals surface area contributed by atoms with Crippen molar-refractivity contribution >= 4 is 5.82 Å². The quantitative estimate of drug-likeness (QED) is 0.906. The van der Waals surface area contributed by atoms with E-state index in [1.165, 1.54) is 5.56 Å². The lowest BCUT2D eigenvalue weighted by Gasteiger charge is -2.15. The highest BCUT2D eigenvalue weighted by Gasteiger charge is 2.12. The van der Waals surface area contributed by atoms with E-state index in [2.05, 4.69) is 47.3 Å². The average Bonchev–Trinajstić information content (AvgIpc) is 2.44. The zero-order chi connectivity index (χ0) is 15.6. The third-order valence-corrected chi connectivity index (χ3v) is 3.54. The largest absolute Gasteiger partial charge is 0.438 e. The molecule has 0 amide bonds. The molecule has 0 fully saturated rings. The SMILES string of the molecule is CNc1nc(C)nc(Oc2cc(C(C)C)ccc2C)c1C. The fourth-order valence-electron chi connectivity index (χ4n) is 2.14. The lowest BCUT2D eigenvalue weighted by molar-refractivity contribution is 0.452. The van der Waals surface area contributed by atoms with Crippen LogP contribution in [0.2, 0.25) is 0 Å². The van der Waals surface area contributed by atoms with Crippen LogP contribution in [-0.2, 0) is 0 Å². The molecule has 0 unspecified atom stereocenters. The molecule has 0 spiro atoms. The first-order valence-corrected chi connectivity index (χ1v) is 7.23. The molecular formula is C17H23N3O. The van der Waals surface area contributed by atoms with E-state index < -0.39 is 0 Å². The second-order valence-electron chi connectivity index (χ2n) is 5.58. The van der Waals surface area contributed by atoms with Crippen molar-refractivity contribution in [1.29, 1.82) is 0 Å². The van der Waals surface area contributed by atoms with Gasteiger partial charge in [-0.25, -0.2) is 4.98 Å². The average molecular weight is 285 g/mol. The van der Waals surface area contributed by atoms with Gasteiger partial charge in [-0.05, 0) is 43.9 Å². The number of rotatable bonds is 4. The monoisotopic (exact) mass is 285 g/mol. The van der Waals surface area contributed by atoms with Gasteiger partial charge in [0.25, 0.3) is 0 Å². The summed E-state index contributed by atoms with van der Waals surface area (Å²) in [6.45, 7) is 10.2. The normalized spacial score (nSPS) is 10.8. The molecular weight excluding hydrogens is 262 g/mol. The number of nitrogens with one attached hydrogen (secondary N) is 1. The molecule has 21 heavy (non-hydrogen) atoms. The molecule has 0 atom stereocenters. The summed E-state index contributed by atoms with van der Waals surface area (Å²) in [6.07, 6.45) is 0. The Morgan fingerprint density at radius 3 is 2.43 bits per heavy atom. The molecule has 0 saturated carbocycles. The Morgan fingerprint density at radius 2 is 1.81 bits per heavy atom. The standard InChI is InChI=1S/C17H23N3O/c1-10(2)14-8-7-11(3)15(9-14)21-17-12(4)16(18-6)19-13(5)20-17/h7-10H,1-6H3,(H,18,19,20). The number of hydrogen-bond acceptors (Lipinski definition) is 4. The van der Waals surface area contributed by atoms with Crippen molar-refractivity contribution < 1.29 is 4.74 Å². The second-order valence-corrected chi connectivity index (χ2v) is 5.58. The summed E-state index contributed by atoms with van der Waals surface area (Å²) in [5.74, 6) is 3.42. The van der Waals surface area contributed by atoms with Gasteiger partial charge in [0.05, 0.1) is 5.56 Å². The van der Waals surface area contributed by atoms with E-state index in [9.17, 15) is 0 Å². The molecule has 0 saturated heterocycles. The summed E-state index contributed by atoms with van der Waals surface area (Å²) in [4.78, 5) is 8.78. The molecule has 2 rings (SSSR count). The minimum atomic E-state index is 0.467. The predicted octanol–water partition coefficient (Wildman–Crippen LogP) is 4.36. The molecule has 0 bridgehead atoms. The highest BCUT2D eigenvalue weighted by atomic mass is 16.5. The number of benzene rings is 1. The zero-order valence-corrected chi connectivity index (χ0v) is 13.6. The van der Waals surface area contributed by atoms with Gasteiger partial charge >= 0.3 is 0 Å². The smallest absolute Gasteiger partial charge is 0.227 e. The third kappa shape index (κ3) is 3.32. The van der Waals surface area contributed by atoms with Gasteiger partial charge in [-0.3, -0.25) is 0 Å². The topological polar surface area (TPSA) is 47.0 Å². The highest BCUT2D eigenvalue weighted by Crippen LogP contribution is 2.31. The Labute approximate surface area is 126 Å². The first kappa shape index (κ1) is 15.3. The molecule has 1 aromatic carbocycles. The van der Waals surface area contributed by atoms with Crippen molar-refractivity contribution in [3.05, 3.63) is 40.7 Å². The number of anilines is 1. The van der Waals surface area contributed by atoms with Crippen molar-refractivity contribution in [1.82, 2.24) is 9.97 Å². The maximum atomic E-state index is 6.06. The number of hydrogen-bond donors (Lipinski definition) is 1. The van der Waals surface area contributed by atoms with Gasteiger partial charge in [-0.15, -0.1) is 0 Å². The predicted molar refractivity (Wildman–Crippen MR) is 86.4 cm³/mol. The molecule has 0 aliphatic carbocycles. The summed E-state index contributed by atoms with van der Waals surface area (Å²) in [5.41, 5.74) is 3.27. The molecule has 0 aliphatic rings. The van der Waals surface area contributed by atoms with Crippen molar-refractivity contribution in [3.63, 3.8) is 0 Å². The summed E-state index contributed by atoms with van der Waals surface area (Å²) in [7, 11) is 1.85. The van der Waals surface area contributed by atoms with Crippen LogP contribution in [-0.4, -0.2) is 17.0 Å². The van der Waals surface area contributed by atoms with Gasteiger partial charge in [0, 0.05) is 7.05 Å². The fourth-order valence-corrected chi connectivity index (χ4v) is 2.14. The van der Waals surface area contributed by atoms with Crippen LogP contribution in [0.1, 0.15) is 42.3 Å². The minimum absolute atomic E-state index is 0.467. The van der Waals surface area contributed by atoms with E-state index in [4.69, 9.17) is 4.74 Å². The van der Waals surface area contributed by atoms with Gasteiger partial charge < -0.3 is 10.1 Å². The van der Waals surface area contributed by atoms with Gasteiger partial charge in [-0.1, -0.05) is 26.0 Å². The van der Waals surface area contributed by atoms with Gasteiger partial charge in [-0.2, -0.15) is 4.98 Å². The van der Waals surface area contributed by atoms with Crippen LogP contribution in [0, 0.1) is 20.8 Å². The lowest BCUT2D eigenvalue weighted by atomic mass is 10.0. The maximum Gasteiger partial charge on any atom is 0.227 e. The van der Waals surface area contributed by atoms with Crippen LogP contribution < -0.4 is 10.1 Å². The third-order valence-electron chi connectivity index (χ3n) is 3.54. The molecule has 1 N–H and O–H groups in total. The fraction of sp³-hybridized carbons (Fsp3) is 0.412. The van der Waals surface area contributed by atoms with Crippen LogP contribution in [0.5, 0.6) is 11.6 Å². The number of aryl methyl sites for hydroxylation is 2. The number of nitrogens with zero attached hydrogens (tertiary/aromatic N) is 2. The Kier molecular flexibility index (Phi) is 4.46. The van der Waals surface area contributed by atoms with E-state index in [1.807, 2.05) is 27.8 Å². The molecule has 4 heteroatoms. The molecule has 0 aliphatic heterocycles. The molecule has 4 nitrogen and oxygen atoms in total. The zero-order valence-electron chi connectivity index (χ0n) is 13.6. The van der Waals surface area contributed by atoms with E-state index in [0.717, 1.165) is 22.7 Å². The van der Waals surface area contributed by atoms with Gasteiger partial charge in [0.2, 0.25) is 5.88 Å². The molecule has 1 heterocycles. The lowest BCUT2D eigenvalue weighted by Crippen LogP contribution is -2.03. The van der Waals surface area contributed by atoms with E-state index in [0.29, 0.717) is 17.6 Å². The van der Waals surface area contributed by atoms with E-state index >= 15 is 0 Å². The van der Waals surface area contributed by atoms with Crippen molar-refractivity contribution in [2.24, 2.45) is 0 Å². The summed E-state index contributed by atoms with van der Waals surface area (Å²) >= 11 is 0. The van der Waals surface area contributed by atoms with Crippen molar-refractivity contribution in [2.45, 2.75) is 40.5 Å². The highest BCUT2D eigenvalue weighted by molar-refractivity contribution is 5.50. The maximum absolute atomic E-state index is 6.06.